The van der Waals surface area contributed by atoms with E-state index in [1.54, 1.807) is 11.9 Å². The van der Waals surface area contributed by atoms with Gasteiger partial charge in [-0.3, -0.25) is 9.59 Å². The van der Waals surface area contributed by atoms with Crippen LogP contribution >= 0.6 is 11.8 Å². The molecule has 2 rings (SSSR count). The predicted octanol–water partition coefficient (Wildman–Crippen LogP) is 3.69. The van der Waals surface area contributed by atoms with Gasteiger partial charge < -0.3 is 10.2 Å². The Hall–Kier alpha value is -1.49. The van der Waals surface area contributed by atoms with Crippen molar-refractivity contribution in [3.8, 4) is 0 Å². The van der Waals surface area contributed by atoms with Crippen molar-refractivity contribution < 1.29 is 9.59 Å². The van der Waals surface area contributed by atoms with Crippen LogP contribution in [0.25, 0.3) is 0 Å². The number of nitrogens with zero attached hydrogens (tertiary/aromatic N) is 1. The van der Waals surface area contributed by atoms with Gasteiger partial charge in [-0.25, -0.2) is 0 Å². The summed E-state index contributed by atoms with van der Waals surface area (Å²) < 4.78 is 0.158. The van der Waals surface area contributed by atoms with Crippen LogP contribution in [0.3, 0.4) is 0 Å². The van der Waals surface area contributed by atoms with Gasteiger partial charge in [0, 0.05) is 41.3 Å². The van der Waals surface area contributed by atoms with Gasteiger partial charge in [-0.15, -0.1) is 11.8 Å². The molecular formula is C18H26N2O2S. The second-order valence-corrected chi connectivity index (χ2v) is 9.09. The molecule has 1 heterocycles. The van der Waals surface area contributed by atoms with Crippen LogP contribution in [0.5, 0.6) is 0 Å². The molecule has 1 fully saturated rings. The van der Waals surface area contributed by atoms with Crippen molar-refractivity contribution in [3.05, 3.63) is 23.8 Å². The molecule has 1 atom stereocenters. The van der Waals surface area contributed by atoms with Crippen LogP contribution < -0.4 is 5.32 Å². The van der Waals surface area contributed by atoms with Crippen molar-refractivity contribution in [2.45, 2.75) is 50.2 Å². The van der Waals surface area contributed by atoms with E-state index in [-0.39, 0.29) is 22.5 Å². The number of nitrogens with one attached hydrogen (secondary N) is 1. The van der Waals surface area contributed by atoms with Crippen LogP contribution in [0.2, 0.25) is 0 Å². The number of rotatable bonds is 3. The number of thioether (sulfide) groups is 1. The maximum absolute atomic E-state index is 12.4. The summed E-state index contributed by atoms with van der Waals surface area (Å²) in [6.45, 7) is 9.19. The maximum Gasteiger partial charge on any atom is 0.228 e. The molecule has 0 saturated carbocycles. The molecule has 0 aromatic heterocycles. The van der Waals surface area contributed by atoms with Gasteiger partial charge in [0.15, 0.2) is 0 Å². The van der Waals surface area contributed by atoms with Gasteiger partial charge in [0.25, 0.3) is 0 Å². The standard InChI is InChI=1S/C18H26N2O2S/c1-12-10-14(23-18(2,3)4)6-7-15(12)19-17(22)13-8-9-20(5)16(21)11-13/h6-7,10,13H,8-9,11H2,1-5H3,(H,19,22)/t13-/m0/s1. The summed E-state index contributed by atoms with van der Waals surface area (Å²) in [6, 6.07) is 6.10. The predicted molar refractivity (Wildman–Crippen MR) is 95.8 cm³/mol. The smallest absolute Gasteiger partial charge is 0.228 e. The van der Waals surface area contributed by atoms with Crippen molar-refractivity contribution in [1.29, 1.82) is 0 Å². The molecule has 0 spiro atoms. The quantitative estimate of drug-likeness (QED) is 0.858. The van der Waals surface area contributed by atoms with Crippen molar-refractivity contribution in [3.63, 3.8) is 0 Å². The van der Waals surface area contributed by atoms with Gasteiger partial charge in [-0.05, 0) is 37.1 Å². The first-order chi connectivity index (χ1) is 10.7. The molecular weight excluding hydrogens is 308 g/mol. The fourth-order valence-corrected chi connectivity index (χ4v) is 3.67. The lowest BCUT2D eigenvalue weighted by molar-refractivity contribution is -0.137. The molecule has 4 nitrogen and oxygen atoms in total. The van der Waals surface area contributed by atoms with Crippen LogP contribution in [0, 0.1) is 12.8 Å². The molecule has 126 valence electrons. The summed E-state index contributed by atoms with van der Waals surface area (Å²) in [5, 5.41) is 2.99. The number of carbonyl (C=O) groups excluding carboxylic acids is 2. The fourth-order valence-electron chi connectivity index (χ4n) is 2.59. The monoisotopic (exact) mass is 334 g/mol. The number of benzene rings is 1. The zero-order valence-corrected chi connectivity index (χ0v) is 15.4. The summed E-state index contributed by atoms with van der Waals surface area (Å²) in [4.78, 5) is 27.0. The van der Waals surface area contributed by atoms with Gasteiger partial charge in [0.1, 0.15) is 0 Å². The number of hydrogen-bond acceptors (Lipinski definition) is 3. The molecule has 0 aliphatic carbocycles. The highest BCUT2D eigenvalue weighted by Gasteiger charge is 2.28. The molecule has 1 saturated heterocycles. The Labute approximate surface area is 143 Å². The van der Waals surface area contributed by atoms with Gasteiger partial charge in [0.2, 0.25) is 11.8 Å². The van der Waals surface area contributed by atoms with Crippen molar-refractivity contribution in [2.75, 3.05) is 18.9 Å². The average Bonchev–Trinajstić information content (AvgIpc) is 2.43. The molecule has 2 amide bonds. The highest BCUT2D eigenvalue weighted by molar-refractivity contribution is 8.00. The summed E-state index contributed by atoms with van der Waals surface area (Å²) in [5.41, 5.74) is 1.88. The topological polar surface area (TPSA) is 49.4 Å². The third kappa shape index (κ3) is 4.99. The third-order valence-electron chi connectivity index (χ3n) is 3.91. The Morgan fingerprint density at radius 1 is 1.35 bits per heavy atom. The molecule has 1 aliphatic heterocycles. The van der Waals surface area contributed by atoms with Gasteiger partial charge in [-0.1, -0.05) is 20.8 Å². The first-order valence-electron chi connectivity index (χ1n) is 8.00. The molecule has 1 aromatic rings. The lowest BCUT2D eigenvalue weighted by Gasteiger charge is -2.28. The number of piperidine rings is 1. The van der Waals surface area contributed by atoms with E-state index in [1.165, 1.54) is 4.90 Å². The Kier molecular flexibility index (Phi) is 5.40. The lowest BCUT2D eigenvalue weighted by atomic mass is 9.95. The minimum absolute atomic E-state index is 0.0463. The van der Waals surface area contributed by atoms with E-state index >= 15 is 0 Å². The molecule has 0 radical (unpaired) electrons. The van der Waals surface area contributed by atoms with Crippen molar-refractivity contribution in [2.24, 2.45) is 5.92 Å². The Morgan fingerprint density at radius 3 is 2.61 bits per heavy atom. The molecule has 0 bridgehead atoms. The van der Waals surface area contributed by atoms with Gasteiger partial charge >= 0.3 is 0 Å². The lowest BCUT2D eigenvalue weighted by Crippen LogP contribution is -2.39. The van der Waals surface area contributed by atoms with Gasteiger partial charge in [0.05, 0.1) is 0 Å². The molecule has 5 heteroatoms. The first kappa shape index (κ1) is 17.9. The van der Waals surface area contributed by atoms with E-state index < -0.39 is 0 Å². The van der Waals surface area contributed by atoms with Crippen molar-refractivity contribution in [1.82, 2.24) is 4.90 Å². The molecule has 0 unspecified atom stereocenters. The second-order valence-electron chi connectivity index (χ2n) is 7.19. The first-order valence-corrected chi connectivity index (χ1v) is 8.82. The number of likely N-dealkylation sites (tertiary alicyclic amines) is 1. The Morgan fingerprint density at radius 2 is 2.04 bits per heavy atom. The zero-order valence-electron chi connectivity index (χ0n) is 14.6. The highest BCUT2D eigenvalue weighted by Crippen LogP contribution is 2.33. The van der Waals surface area contributed by atoms with Crippen molar-refractivity contribution >= 4 is 29.3 Å². The number of amides is 2. The summed E-state index contributed by atoms with van der Waals surface area (Å²) in [5.74, 6) is -0.224. The van der Waals surface area contributed by atoms with Crippen LogP contribution in [0.1, 0.15) is 39.2 Å². The van der Waals surface area contributed by atoms with E-state index in [0.29, 0.717) is 13.0 Å². The maximum atomic E-state index is 12.4. The molecule has 23 heavy (non-hydrogen) atoms. The zero-order chi connectivity index (χ0) is 17.2. The van der Waals surface area contributed by atoms with E-state index in [2.05, 4.69) is 32.2 Å². The number of hydrogen-bond donors (Lipinski definition) is 1. The van der Waals surface area contributed by atoms with E-state index in [0.717, 1.165) is 17.7 Å². The van der Waals surface area contributed by atoms with Crippen LogP contribution in [0.15, 0.2) is 23.1 Å². The fraction of sp³-hybridized carbons (Fsp3) is 0.556. The SMILES string of the molecule is Cc1cc(SC(C)(C)C)ccc1NC(=O)[C@H]1CCN(C)C(=O)C1. The van der Waals surface area contributed by atoms with Gasteiger partial charge in [-0.2, -0.15) is 0 Å². The Bertz CT molecular complexity index is 608. The number of anilines is 1. The van der Waals surface area contributed by atoms with E-state index in [9.17, 15) is 9.59 Å². The minimum atomic E-state index is -0.221. The average molecular weight is 334 g/mol. The number of carbonyl (C=O) groups is 2. The Balaban J connectivity index is 2.02. The van der Waals surface area contributed by atoms with Crippen LogP contribution in [0.4, 0.5) is 5.69 Å². The summed E-state index contributed by atoms with van der Waals surface area (Å²) >= 11 is 1.81. The molecule has 1 aromatic carbocycles. The summed E-state index contributed by atoms with van der Waals surface area (Å²) in [6.07, 6.45) is 1.03. The second kappa shape index (κ2) is 6.95. The van der Waals surface area contributed by atoms with Crippen LogP contribution in [-0.2, 0) is 9.59 Å². The normalized spacial score (nSPS) is 18.9. The number of aryl methyl sites for hydroxylation is 1. The summed E-state index contributed by atoms with van der Waals surface area (Å²) in [7, 11) is 1.78. The highest BCUT2D eigenvalue weighted by atomic mass is 32.2. The molecule has 1 N–H and O–H groups in total. The largest absolute Gasteiger partial charge is 0.346 e. The molecule has 1 aliphatic rings. The van der Waals surface area contributed by atoms with Crippen LogP contribution in [-0.4, -0.2) is 35.1 Å². The van der Waals surface area contributed by atoms with E-state index in [1.807, 2.05) is 30.8 Å². The third-order valence-corrected chi connectivity index (χ3v) is 5.01. The van der Waals surface area contributed by atoms with E-state index in [4.69, 9.17) is 0 Å². The minimum Gasteiger partial charge on any atom is -0.346 e.